The van der Waals surface area contributed by atoms with Gasteiger partial charge in [0.05, 0.1) is 17.1 Å². The van der Waals surface area contributed by atoms with E-state index in [4.69, 9.17) is 27.9 Å². The van der Waals surface area contributed by atoms with Crippen molar-refractivity contribution in [3.05, 3.63) is 33.8 Å². The minimum atomic E-state index is -0.416. The van der Waals surface area contributed by atoms with Gasteiger partial charge in [-0.1, -0.05) is 23.2 Å². The van der Waals surface area contributed by atoms with Gasteiger partial charge in [0.2, 0.25) is 5.91 Å². The molecule has 0 unspecified atom stereocenters. The van der Waals surface area contributed by atoms with E-state index in [0.717, 1.165) is 6.42 Å². The molecule has 0 aliphatic heterocycles. The molecular weight excluding hydrogens is 315 g/mol. The fraction of sp³-hybridized carbons (Fsp3) is 0.429. The number of amides is 2. The van der Waals surface area contributed by atoms with Gasteiger partial charge in [0.25, 0.3) is 5.91 Å². The van der Waals surface area contributed by atoms with Crippen molar-refractivity contribution in [2.75, 3.05) is 26.3 Å². The summed E-state index contributed by atoms with van der Waals surface area (Å²) in [5, 5.41) is 5.88. The molecule has 1 aromatic rings. The Kier molecular flexibility index (Phi) is 8.12. The molecule has 0 atom stereocenters. The summed E-state index contributed by atoms with van der Waals surface area (Å²) in [6.07, 6.45) is 0.733. The summed E-state index contributed by atoms with van der Waals surface area (Å²) in [7, 11) is 0. The maximum absolute atomic E-state index is 11.9. The molecule has 0 fully saturated rings. The van der Waals surface area contributed by atoms with E-state index in [-0.39, 0.29) is 23.0 Å². The quantitative estimate of drug-likeness (QED) is 0.717. The molecule has 1 rings (SSSR count). The fourth-order valence-electron chi connectivity index (χ4n) is 1.54. The molecule has 0 radical (unpaired) electrons. The number of benzene rings is 1. The Bertz CT molecular complexity index is 495. The number of rotatable bonds is 8. The zero-order valence-corrected chi connectivity index (χ0v) is 13.3. The van der Waals surface area contributed by atoms with E-state index >= 15 is 0 Å². The van der Waals surface area contributed by atoms with Crippen molar-refractivity contribution >= 4 is 35.0 Å². The third kappa shape index (κ3) is 6.80. The van der Waals surface area contributed by atoms with E-state index in [1.165, 1.54) is 12.1 Å². The van der Waals surface area contributed by atoms with Gasteiger partial charge >= 0.3 is 0 Å². The zero-order valence-electron chi connectivity index (χ0n) is 11.7. The minimum absolute atomic E-state index is 0.105. The van der Waals surface area contributed by atoms with Gasteiger partial charge in [-0.15, -0.1) is 0 Å². The Labute approximate surface area is 133 Å². The molecule has 0 saturated heterocycles. The number of hydrogen-bond donors (Lipinski definition) is 2. The predicted octanol–water partition coefficient (Wildman–Crippen LogP) is 2.27. The smallest absolute Gasteiger partial charge is 0.253 e. The van der Waals surface area contributed by atoms with Crippen LogP contribution in [0.5, 0.6) is 0 Å². The fourth-order valence-corrected chi connectivity index (χ4v) is 2.03. The lowest BCUT2D eigenvalue weighted by molar-refractivity contribution is -0.120. The maximum Gasteiger partial charge on any atom is 0.253 e. The molecule has 21 heavy (non-hydrogen) atoms. The summed E-state index contributed by atoms with van der Waals surface area (Å²) in [5.74, 6) is -0.675. The van der Waals surface area contributed by atoms with E-state index in [2.05, 4.69) is 10.6 Å². The molecule has 5 nitrogen and oxygen atoms in total. The van der Waals surface area contributed by atoms with Gasteiger partial charge in [-0.3, -0.25) is 9.59 Å². The molecule has 0 spiro atoms. The van der Waals surface area contributed by atoms with Crippen LogP contribution < -0.4 is 10.6 Å². The Hall–Kier alpha value is -1.30. The molecule has 0 bridgehead atoms. The van der Waals surface area contributed by atoms with Crippen molar-refractivity contribution in [1.29, 1.82) is 0 Å². The number of carbonyl (C=O) groups is 2. The van der Waals surface area contributed by atoms with Crippen LogP contribution in [0.15, 0.2) is 18.2 Å². The molecule has 2 N–H and O–H groups in total. The van der Waals surface area contributed by atoms with Crippen LogP contribution in [0.3, 0.4) is 0 Å². The van der Waals surface area contributed by atoms with Crippen molar-refractivity contribution in [1.82, 2.24) is 10.6 Å². The Morgan fingerprint density at radius 2 is 2.00 bits per heavy atom. The van der Waals surface area contributed by atoms with Crippen molar-refractivity contribution in [3.8, 4) is 0 Å². The highest BCUT2D eigenvalue weighted by Gasteiger charge is 2.11. The van der Waals surface area contributed by atoms with Crippen LogP contribution >= 0.6 is 23.2 Å². The first kappa shape index (κ1) is 17.8. The number of hydrogen-bond acceptors (Lipinski definition) is 3. The summed E-state index contributed by atoms with van der Waals surface area (Å²) in [5.41, 5.74) is 0.283. The van der Waals surface area contributed by atoms with Gasteiger partial charge in [-0.2, -0.15) is 0 Å². The molecule has 0 aromatic heterocycles. The first-order chi connectivity index (χ1) is 10.0. The van der Waals surface area contributed by atoms with Crippen LogP contribution in [0.4, 0.5) is 0 Å². The van der Waals surface area contributed by atoms with Crippen LogP contribution in [0, 0.1) is 0 Å². The summed E-state index contributed by atoms with van der Waals surface area (Å²) in [6.45, 7) is 3.58. The number of nitrogens with one attached hydrogen (secondary N) is 2. The van der Waals surface area contributed by atoms with Gasteiger partial charge in [0.1, 0.15) is 0 Å². The third-order valence-electron chi connectivity index (χ3n) is 2.58. The monoisotopic (exact) mass is 332 g/mol. The van der Waals surface area contributed by atoms with Gasteiger partial charge in [0.15, 0.2) is 0 Å². The number of carbonyl (C=O) groups excluding carboxylic acids is 2. The van der Waals surface area contributed by atoms with E-state index in [0.29, 0.717) is 24.8 Å². The predicted molar refractivity (Wildman–Crippen MR) is 82.9 cm³/mol. The first-order valence-electron chi connectivity index (χ1n) is 6.62. The summed E-state index contributed by atoms with van der Waals surface area (Å²) >= 11 is 11.7. The lowest BCUT2D eigenvalue weighted by atomic mass is 10.2. The highest BCUT2D eigenvalue weighted by molar-refractivity contribution is 6.36. The molecule has 0 heterocycles. The van der Waals surface area contributed by atoms with E-state index in [9.17, 15) is 9.59 Å². The zero-order chi connectivity index (χ0) is 15.7. The lowest BCUT2D eigenvalue weighted by Gasteiger charge is -2.08. The van der Waals surface area contributed by atoms with Crippen LogP contribution in [0.25, 0.3) is 0 Å². The van der Waals surface area contributed by atoms with E-state index in [1.807, 2.05) is 6.92 Å². The SMILES string of the molecule is CCOCCCNC(=O)CNC(=O)c1ccc(Cl)cc1Cl. The maximum atomic E-state index is 11.9. The van der Waals surface area contributed by atoms with Crippen LogP contribution in [-0.4, -0.2) is 38.1 Å². The van der Waals surface area contributed by atoms with Gasteiger partial charge in [-0.25, -0.2) is 0 Å². The Morgan fingerprint density at radius 1 is 1.24 bits per heavy atom. The highest BCUT2D eigenvalue weighted by atomic mass is 35.5. The summed E-state index contributed by atoms with van der Waals surface area (Å²) < 4.78 is 5.15. The van der Waals surface area contributed by atoms with Crippen molar-refractivity contribution in [2.45, 2.75) is 13.3 Å². The molecule has 116 valence electrons. The van der Waals surface area contributed by atoms with Crippen LogP contribution in [-0.2, 0) is 9.53 Å². The molecule has 2 amide bonds. The molecule has 7 heteroatoms. The molecule has 0 aliphatic carbocycles. The second kappa shape index (κ2) is 9.60. The number of ether oxygens (including phenoxy) is 1. The van der Waals surface area contributed by atoms with Crippen molar-refractivity contribution in [3.63, 3.8) is 0 Å². The first-order valence-corrected chi connectivity index (χ1v) is 7.38. The second-order valence-corrected chi connectivity index (χ2v) is 5.05. The standard InChI is InChI=1S/C14H18Cl2N2O3/c1-2-21-7-3-6-17-13(19)9-18-14(20)11-5-4-10(15)8-12(11)16/h4-5,8H,2-3,6-7,9H2,1H3,(H,17,19)(H,18,20). The summed E-state index contributed by atoms with van der Waals surface area (Å²) in [4.78, 5) is 23.4. The van der Waals surface area contributed by atoms with E-state index < -0.39 is 5.91 Å². The molecule has 1 aromatic carbocycles. The average molecular weight is 333 g/mol. The van der Waals surface area contributed by atoms with Gasteiger partial charge in [0, 0.05) is 24.8 Å². The Balaban J connectivity index is 2.30. The average Bonchev–Trinajstić information content (AvgIpc) is 2.44. The van der Waals surface area contributed by atoms with Crippen molar-refractivity contribution < 1.29 is 14.3 Å². The lowest BCUT2D eigenvalue weighted by Crippen LogP contribution is -2.37. The van der Waals surface area contributed by atoms with Crippen LogP contribution in [0.2, 0.25) is 10.0 Å². The normalized spacial score (nSPS) is 10.2. The van der Waals surface area contributed by atoms with Crippen LogP contribution in [0.1, 0.15) is 23.7 Å². The molecule has 0 saturated carbocycles. The minimum Gasteiger partial charge on any atom is -0.382 e. The number of halogens is 2. The topological polar surface area (TPSA) is 67.4 Å². The molecular formula is C14H18Cl2N2O3. The van der Waals surface area contributed by atoms with Gasteiger partial charge < -0.3 is 15.4 Å². The highest BCUT2D eigenvalue weighted by Crippen LogP contribution is 2.20. The summed E-state index contributed by atoms with van der Waals surface area (Å²) in [6, 6.07) is 4.56. The largest absolute Gasteiger partial charge is 0.382 e. The van der Waals surface area contributed by atoms with E-state index in [1.54, 1.807) is 6.07 Å². The van der Waals surface area contributed by atoms with Gasteiger partial charge in [-0.05, 0) is 31.5 Å². The Morgan fingerprint density at radius 3 is 2.67 bits per heavy atom. The third-order valence-corrected chi connectivity index (χ3v) is 3.12. The second-order valence-electron chi connectivity index (χ2n) is 4.21. The van der Waals surface area contributed by atoms with Crippen molar-refractivity contribution in [2.24, 2.45) is 0 Å². The molecule has 0 aliphatic rings.